The molecular weight excluding hydrogens is 390 g/mol. The van der Waals surface area contributed by atoms with E-state index < -0.39 is 0 Å². The zero-order chi connectivity index (χ0) is 21.0. The summed E-state index contributed by atoms with van der Waals surface area (Å²) in [5.74, 6) is 1.11. The fourth-order valence-electron chi connectivity index (χ4n) is 3.65. The van der Waals surface area contributed by atoms with E-state index in [1.807, 2.05) is 66.9 Å². The highest BCUT2D eigenvalue weighted by Crippen LogP contribution is 2.29. The maximum absolute atomic E-state index is 11.3. The molecule has 2 aromatic carbocycles. The van der Waals surface area contributed by atoms with Gasteiger partial charge in [-0.2, -0.15) is 0 Å². The molecule has 152 valence electrons. The van der Waals surface area contributed by atoms with Gasteiger partial charge in [0.25, 0.3) is 6.47 Å². The van der Waals surface area contributed by atoms with E-state index in [4.69, 9.17) is 19.1 Å². The van der Waals surface area contributed by atoms with Crippen LogP contribution < -0.4 is 4.74 Å². The first-order valence-electron chi connectivity index (χ1n) is 9.94. The Morgan fingerprint density at radius 2 is 1.65 bits per heavy atom. The van der Waals surface area contributed by atoms with E-state index in [-0.39, 0.29) is 0 Å². The summed E-state index contributed by atoms with van der Waals surface area (Å²) in [7, 11) is 0. The van der Waals surface area contributed by atoms with Crippen molar-refractivity contribution in [2.24, 2.45) is 0 Å². The fourth-order valence-corrected chi connectivity index (χ4v) is 3.65. The number of fused-ring (bicyclic) bond motifs is 1. The minimum atomic E-state index is 0.371. The van der Waals surface area contributed by atoms with Crippen molar-refractivity contribution >= 4 is 12.1 Å². The van der Waals surface area contributed by atoms with Crippen molar-refractivity contribution < 1.29 is 13.9 Å². The van der Waals surface area contributed by atoms with Crippen molar-refractivity contribution in [1.29, 1.82) is 0 Å². The Bertz CT molecular complexity index is 1310. The highest BCUT2D eigenvalue weighted by Gasteiger charge is 2.20. The molecule has 6 heteroatoms. The van der Waals surface area contributed by atoms with Crippen LogP contribution in [0, 0.1) is 0 Å². The average molecular weight is 409 g/mol. The molecule has 0 saturated heterocycles. The first-order valence-corrected chi connectivity index (χ1v) is 9.94. The summed E-state index contributed by atoms with van der Waals surface area (Å²) >= 11 is 0. The molecule has 31 heavy (non-hydrogen) atoms. The SMILES string of the molecule is O=COc1c(Cc2ccco2)nc2c(Cc3ccccc3)nc(-c3ccccc3)cn12. The minimum Gasteiger partial charge on any atom is -0.469 e. The Balaban J connectivity index is 1.71. The van der Waals surface area contributed by atoms with Gasteiger partial charge in [0, 0.05) is 18.2 Å². The monoisotopic (exact) mass is 409 g/mol. The molecule has 0 aliphatic rings. The molecule has 6 nitrogen and oxygen atoms in total. The van der Waals surface area contributed by atoms with Crippen LogP contribution in [0.5, 0.6) is 5.88 Å². The van der Waals surface area contributed by atoms with E-state index >= 15 is 0 Å². The molecule has 0 bridgehead atoms. The van der Waals surface area contributed by atoms with Crippen LogP contribution in [0.1, 0.15) is 22.7 Å². The number of aromatic nitrogens is 3. The van der Waals surface area contributed by atoms with Crippen molar-refractivity contribution in [2.45, 2.75) is 12.8 Å². The van der Waals surface area contributed by atoms with Crippen molar-refractivity contribution in [1.82, 2.24) is 14.4 Å². The standard InChI is InChI=1S/C25H19N3O3/c29-17-31-25-22(15-20-12-7-13-30-20)27-24-21(14-18-8-3-1-4-9-18)26-23(16-28(24)25)19-10-5-2-6-11-19/h1-13,16-17H,14-15H2. The Hall–Kier alpha value is -4.19. The van der Waals surface area contributed by atoms with Crippen LogP contribution in [-0.2, 0) is 17.6 Å². The lowest BCUT2D eigenvalue weighted by Crippen LogP contribution is -2.02. The Kier molecular flexibility index (Phi) is 5.02. The third-order valence-corrected chi connectivity index (χ3v) is 5.07. The highest BCUT2D eigenvalue weighted by molar-refractivity contribution is 5.64. The number of hydrogen-bond acceptors (Lipinski definition) is 5. The smallest absolute Gasteiger partial charge is 0.299 e. The van der Waals surface area contributed by atoms with Gasteiger partial charge in [-0.3, -0.25) is 9.20 Å². The third-order valence-electron chi connectivity index (χ3n) is 5.07. The summed E-state index contributed by atoms with van der Waals surface area (Å²) in [5.41, 5.74) is 4.93. The Morgan fingerprint density at radius 1 is 0.871 bits per heavy atom. The number of imidazole rings is 1. The molecule has 0 N–H and O–H groups in total. The Labute approximate surface area is 178 Å². The largest absolute Gasteiger partial charge is 0.469 e. The molecule has 0 amide bonds. The molecule has 5 rings (SSSR count). The predicted octanol–water partition coefficient (Wildman–Crippen LogP) is 4.71. The van der Waals surface area contributed by atoms with Gasteiger partial charge in [-0.25, -0.2) is 9.97 Å². The van der Waals surface area contributed by atoms with E-state index in [1.54, 1.807) is 10.7 Å². The van der Waals surface area contributed by atoms with Crippen molar-refractivity contribution in [3.8, 4) is 17.1 Å². The van der Waals surface area contributed by atoms with Crippen LogP contribution in [0.2, 0.25) is 0 Å². The number of carbonyl (C=O) groups excluding carboxylic acids is 1. The van der Waals surface area contributed by atoms with Gasteiger partial charge in [0.15, 0.2) is 5.65 Å². The molecular formula is C25H19N3O3. The lowest BCUT2D eigenvalue weighted by molar-refractivity contribution is -0.121. The van der Waals surface area contributed by atoms with Crippen LogP contribution >= 0.6 is 0 Å². The van der Waals surface area contributed by atoms with Gasteiger partial charge < -0.3 is 9.15 Å². The van der Waals surface area contributed by atoms with Crippen LogP contribution in [0.4, 0.5) is 0 Å². The van der Waals surface area contributed by atoms with Gasteiger partial charge in [0.2, 0.25) is 5.88 Å². The summed E-state index contributed by atoms with van der Waals surface area (Å²) < 4.78 is 12.7. The molecule has 0 atom stereocenters. The van der Waals surface area contributed by atoms with Gasteiger partial charge in [-0.05, 0) is 17.7 Å². The number of benzene rings is 2. The van der Waals surface area contributed by atoms with Crippen molar-refractivity contribution in [2.75, 3.05) is 0 Å². The van der Waals surface area contributed by atoms with Crippen LogP contribution in [0.15, 0.2) is 89.7 Å². The molecule has 3 heterocycles. The number of hydrogen-bond donors (Lipinski definition) is 0. The summed E-state index contributed by atoms with van der Waals surface area (Å²) in [6.07, 6.45) is 4.48. The van der Waals surface area contributed by atoms with Gasteiger partial charge in [0.1, 0.15) is 11.5 Å². The number of furan rings is 1. The molecule has 0 radical (unpaired) electrons. The lowest BCUT2D eigenvalue weighted by Gasteiger charge is -2.09. The summed E-state index contributed by atoms with van der Waals surface area (Å²) in [4.78, 5) is 21.0. The van der Waals surface area contributed by atoms with E-state index in [2.05, 4.69) is 12.1 Å². The predicted molar refractivity (Wildman–Crippen MR) is 116 cm³/mol. The quantitative estimate of drug-likeness (QED) is 0.364. The fraction of sp³-hybridized carbons (Fsp3) is 0.0800. The second kappa shape index (κ2) is 8.28. The van der Waals surface area contributed by atoms with Gasteiger partial charge >= 0.3 is 0 Å². The molecule has 3 aromatic heterocycles. The van der Waals surface area contributed by atoms with Gasteiger partial charge in [0.05, 0.1) is 24.1 Å². The normalized spacial score (nSPS) is 11.0. The number of nitrogens with zero attached hydrogens (tertiary/aromatic N) is 3. The highest BCUT2D eigenvalue weighted by atomic mass is 16.5. The number of carbonyl (C=O) groups is 1. The molecule has 5 aromatic rings. The second-order valence-corrected chi connectivity index (χ2v) is 7.13. The molecule has 0 unspecified atom stereocenters. The summed E-state index contributed by atoms with van der Waals surface area (Å²) in [6, 6.07) is 23.7. The second-order valence-electron chi connectivity index (χ2n) is 7.13. The average Bonchev–Trinajstić information content (AvgIpc) is 3.44. The topological polar surface area (TPSA) is 69.6 Å². The number of rotatable bonds is 7. The first-order chi connectivity index (χ1) is 15.3. The van der Waals surface area contributed by atoms with Crippen LogP contribution in [-0.4, -0.2) is 20.8 Å². The lowest BCUT2D eigenvalue weighted by atomic mass is 10.1. The maximum Gasteiger partial charge on any atom is 0.299 e. The maximum atomic E-state index is 11.3. The zero-order valence-corrected chi connectivity index (χ0v) is 16.6. The van der Waals surface area contributed by atoms with E-state index in [1.165, 1.54) is 0 Å². The number of ether oxygens (including phenoxy) is 1. The Morgan fingerprint density at radius 3 is 2.35 bits per heavy atom. The minimum absolute atomic E-state index is 0.371. The van der Waals surface area contributed by atoms with E-state index in [9.17, 15) is 4.79 Å². The molecule has 0 saturated carbocycles. The summed E-state index contributed by atoms with van der Waals surface area (Å²) in [5, 5.41) is 0. The molecule has 0 aliphatic carbocycles. The molecule has 0 spiro atoms. The van der Waals surface area contributed by atoms with Crippen LogP contribution in [0.25, 0.3) is 16.9 Å². The van der Waals surface area contributed by atoms with Gasteiger partial charge in [-0.1, -0.05) is 60.7 Å². The van der Waals surface area contributed by atoms with E-state index in [0.717, 1.165) is 28.3 Å². The molecule has 0 fully saturated rings. The van der Waals surface area contributed by atoms with Gasteiger partial charge in [-0.15, -0.1) is 0 Å². The summed E-state index contributed by atoms with van der Waals surface area (Å²) in [6.45, 7) is 0.425. The molecule has 0 aliphatic heterocycles. The van der Waals surface area contributed by atoms with Crippen LogP contribution in [0.3, 0.4) is 0 Å². The van der Waals surface area contributed by atoms with Crippen molar-refractivity contribution in [3.05, 3.63) is 108 Å². The zero-order valence-electron chi connectivity index (χ0n) is 16.6. The van der Waals surface area contributed by atoms with Crippen molar-refractivity contribution in [3.63, 3.8) is 0 Å². The third kappa shape index (κ3) is 3.83. The first kappa shape index (κ1) is 18.8. The van der Waals surface area contributed by atoms with E-state index in [0.29, 0.717) is 36.5 Å².